The normalized spacial score (nSPS) is 10.3. The molecule has 1 N–H and O–H groups in total. The largest absolute Gasteiger partial charge is 0.494 e. The summed E-state index contributed by atoms with van der Waals surface area (Å²) in [4.78, 5) is 23.6. The molecule has 0 aliphatic rings. The Hall–Kier alpha value is -3.36. The van der Waals surface area contributed by atoms with Gasteiger partial charge in [-0.3, -0.25) is 4.79 Å². The summed E-state index contributed by atoms with van der Waals surface area (Å²) in [6, 6.07) is 12.2. The average Bonchev–Trinajstić information content (AvgIpc) is 2.70. The number of hydrogen-bond acceptors (Lipinski definition) is 6. The van der Waals surface area contributed by atoms with Crippen LogP contribution in [0.1, 0.15) is 17.3 Å². The second-order valence-electron chi connectivity index (χ2n) is 5.59. The van der Waals surface area contributed by atoms with Crippen LogP contribution in [0, 0.1) is 0 Å². The topological polar surface area (TPSA) is 83.1 Å². The van der Waals surface area contributed by atoms with Crippen molar-refractivity contribution < 1.29 is 37.3 Å². The highest BCUT2D eigenvalue weighted by molar-refractivity contribution is 5.91. The molecule has 0 aliphatic carbocycles. The van der Waals surface area contributed by atoms with Crippen LogP contribution in [0.5, 0.6) is 17.2 Å². The fourth-order valence-corrected chi connectivity index (χ4v) is 2.22. The number of alkyl halides is 2. The van der Waals surface area contributed by atoms with Gasteiger partial charge in [0.25, 0.3) is 5.91 Å². The molecule has 2 aromatic rings. The Morgan fingerprint density at radius 1 is 1.00 bits per heavy atom. The second kappa shape index (κ2) is 11.5. The van der Waals surface area contributed by atoms with Gasteiger partial charge in [-0.05, 0) is 49.4 Å². The quantitative estimate of drug-likeness (QED) is 0.454. The molecule has 0 radical (unpaired) electrons. The molecule has 0 unspecified atom stereocenters. The van der Waals surface area contributed by atoms with Gasteiger partial charge < -0.3 is 24.3 Å². The maximum absolute atomic E-state index is 12.2. The lowest BCUT2D eigenvalue weighted by Crippen LogP contribution is -2.32. The predicted molar refractivity (Wildman–Crippen MR) is 99.5 cm³/mol. The second-order valence-corrected chi connectivity index (χ2v) is 5.59. The molecular weight excluding hydrogens is 388 g/mol. The summed E-state index contributed by atoms with van der Waals surface area (Å²) in [5.41, 5.74) is -0.00483. The highest BCUT2D eigenvalue weighted by Crippen LogP contribution is 2.17. The van der Waals surface area contributed by atoms with Crippen molar-refractivity contribution in [1.29, 1.82) is 0 Å². The number of amides is 1. The highest BCUT2D eigenvalue weighted by Gasteiger charge is 2.12. The third-order valence-electron chi connectivity index (χ3n) is 3.46. The maximum Gasteiger partial charge on any atom is 0.387 e. The molecule has 9 heteroatoms. The van der Waals surface area contributed by atoms with E-state index in [2.05, 4.69) is 10.1 Å². The summed E-state index contributed by atoms with van der Waals surface area (Å²) in [6.45, 7) is -0.615. The van der Waals surface area contributed by atoms with Gasteiger partial charge in [0.1, 0.15) is 23.9 Å². The number of nitrogens with one attached hydrogen (secondary N) is 1. The van der Waals surface area contributed by atoms with E-state index in [1.807, 2.05) is 6.92 Å². The highest BCUT2D eigenvalue weighted by atomic mass is 19.3. The van der Waals surface area contributed by atoms with Gasteiger partial charge in [0, 0.05) is 0 Å². The first-order chi connectivity index (χ1) is 14.0. The minimum Gasteiger partial charge on any atom is -0.494 e. The summed E-state index contributed by atoms with van der Waals surface area (Å²) in [5.74, 6) is -0.161. The molecule has 0 saturated heterocycles. The standard InChI is InChI=1S/C20H21F2NO6/c1-2-26-15-6-8-16(9-7-15)27-11-10-23-18(24)13-28-19(25)14-4-3-5-17(12-14)29-20(21)22/h3-9,12,20H,2,10-11,13H2,1H3,(H,23,24). The van der Waals surface area contributed by atoms with Gasteiger partial charge in [0.05, 0.1) is 18.7 Å². The van der Waals surface area contributed by atoms with E-state index in [9.17, 15) is 18.4 Å². The Bertz CT molecular complexity index is 798. The van der Waals surface area contributed by atoms with Crippen molar-refractivity contribution in [3.05, 3.63) is 54.1 Å². The van der Waals surface area contributed by atoms with Crippen LogP contribution in [0.2, 0.25) is 0 Å². The minimum absolute atomic E-state index is 0.00483. The lowest BCUT2D eigenvalue weighted by atomic mass is 10.2. The minimum atomic E-state index is -3.00. The molecule has 2 rings (SSSR count). The number of halogens is 2. The predicted octanol–water partition coefficient (Wildman–Crippen LogP) is 3.04. The molecule has 0 saturated carbocycles. The van der Waals surface area contributed by atoms with Gasteiger partial charge in [-0.1, -0.05) is 6.07 Å². The van der Waals surface area contributed by atoms with Gasteiger partial charge in [-0.2, -0.15) is 8.78 Å². The van der Waals surface area contributed by atoms with Crippen LogP contribution in [0.4, 0.5) is 8.78 Å². The van der Waals surface area contributed by atoms with Gasteiger partial charge in [-0.15, -0.1) is 0 Å². The number of carbonyl (C=O) groups excluding carboxylic acids is 2. The monoisotopic (exact) mass is 409 g/mol. The molecule has 2 aromatic carbocycles. The third kappa shape index (κ3) is 8.04. The zero-order valence-corrected chi connectivity index (χ0v) is 15.7. The van der Waals surface area contributed by atoms with Crippen molar-refractivity contribution in [2.24, 2.45) is 0 Å². The summed E-state index contributed by atoms with van der Waals surface area (Å²) in [7, 11) is 0. The molecule has 0 fully saturated rings. The summed E-state index contributed by atoms with van der Waals surface area (Å²) < 4.78 is 44.3. The van der Waals surface area contributed by atoms with E-state index in [1.54, 1.807) is 24.3 Å². The van der Waals surface area contributed by atoms with Crippen molar-refractivity contribution >= 4 is 11.9 Å². The van der Waals surface area contributed by atoms with Crippen LogP contribution in [0.25, 0.3) is 0 Å². The molecule has 29 heavy (non-hydrogen) atoms. The van der Waals surface area contributed by atoms with Crippen LogP contribution in [0.3, 0.4) is 0 Å². The zero-order chi connectivity index (χ0) is 21.1. The van der Waals surface area contributed by atoms with Gasteiger partial charge in [-0.25, -0.2) is 4.79 Å². The van der Waals surface area contributed by atoms with Crippen LogP contribution in [-0.4, -0.2) is 44.9 Å². The fourth-order valence-electron chi connectivity index (χ4n) is 2.22. The number of esters is 1. The first-order valence-corrected chi connectivity index (χ1v) is 8.82. The Labute approximate surface area is 166 Å². The zero-order valence-electron chi connectivity index (χ0n) is 15.7. The molecular formula is C20H21F2NO6. The van der Waals surface area contributed by atoms with Crippen LogP contribution < -0.4 is 19.5 Å². The summed E-state index contributed by atoms with van der Waals surface area (Å²) in [6.07, 6.45) is 0. The molecule has 0 aliphatic heterocycles. The van der Waals surface area contributed by atoms with Crippen molar-refractivity contribution in [1.82, 2.24) is 5.32 Å². The van der Waals surface area contributed by atoms with Gasteiger partial charge in [0.15, 0.2) is 6.61 Å². The molecule has 156 valence electrons. The van der Waals surface area contributed by atoms with E-state index in [0.29, 0.717) is 12.4 Å². The molecule has 7 nitrogen and oxygen atoms in total. The van der Waals surface area contributed by atoms with E-state index in [0.717, 1.165) is 11.8 Å². The average molecular weight is 409 g/mol. The van der Waals surface area contributed by atoms with E-state index >= 15 is 0 Å². The molecule has 0 atom stereocenters. The Kier molecular flexibility index (Phi) is 8.68. The maximum atomic E-state index is 12.2. The molecule has 0 bridgehead atoms. The Morgan fingerprint density at radius 3 is 2.34 bits per heavy atom. The Balaban J connectivity index is 1.67. The van der Waals surface area contributed by atoms with Gasteiger partial charge in [0.2, 0.25) is 0 Å². The van der Waals surface area contributed by atoms with Crippen LogP contribution in [-0.2, 0) is 9.53 Å². The fraction of sp³-hybridized carbons (Fsp3) is 0.300. The molecule has 0 spiro atoms. The van der Waals surface area contributed by atoms with Crippen LogP contribution >= 0.6 is 0 Å². The number of benzene rings is 2. The van der Waals surface area contributed by atoms with E-state index in [1.165, 1.54) is 18.2 Å². The van der Waals surface area contributed by atoms with E-state index in [4.69, 9.17) is 14.2 Å². The number of carbonyl (C=O) groups is 2. The third-order valence-corrected chi connectivity index (χ3v) is 3.46. The van der Waals surface area contributed by atoms with Crippen molar-refractivity contribution in [3.8, 4) is 17.2 Å². The van der Waals surface area contributed by atoms with E-state index < -0.39 is 25.1 Å². The SMILES string of the molecule is CCOc1ccc(OCCNC(=O)COC(=O)c2cccc(OC(F)F)c2)cc1. The summed E-state index contributed by atoms with van der Waals surface area (Å²) in [5, 5.41) is 2.54. The lowest BCUT2D eigenvalue weighted by molar-refractivity contribution is -0.124. The first kappa shape index (κ1) is 21.9. The summed E-state index contributed by atoms with van der Waals surface area (Å²) >= 11 is 0. The van der Waals surface area contributed by atoms with Crippen molar-refractivity contribution in [2.45, 2.75) is 13.5 Å². The number of rotatable bonds is 11. The van der Waals surface area contributed by atoms with E-state index in [-0.39, 0.29) is 24.5 Å². The Morgan fingerprint density at radius 2 is 1.69 bits per heavy atom. The van der Waals surface area contributed by atoms with Crippen LogP contribution in [0.15, 0.2) is 48.5 Å². The molecule has 0 heterocycles. The van der Waals surface area contributed by atoms with Crippen molar-refractivity contribution in [2.75, 3.05) is 26.4 Å². The smallest absolute Gasteiger partial charge is 0.387 e. The number of ether oxygens (including phenoxy) is 4. The molecule has 1 amide bonds. The van der Waals surface area contributed by atoms with Crippen molar-refractivity contribution in [3.63, 3.8) is 0 Å². The lowest BCUT2D eigenvalue weighted by Gasteiger charge is -2.09. The number of hydrogen-bond donors (Lipinski definition) is 1. The van der Waals surface area contributed by atoms with Gasteiger partial charge >= 0.3 is 12.6 Å². The molecule has 0 aromatic heterocycles. The first-order valence-electron chi connectivity index (χ1n) is 8.82.